The molecule has 0 amide bonds. The van der Waals surface area contributed by atoms with Gasteiger partial charge in [0.1, 0.15) is 16.4 Å². The Hall–Kier alpha value is -2.84. The molecule has 0 aliphatic heterocycles. The number of hydrogen-bond donors (Lipinski definition) is 1. The van der Waals surface area contributed by atoms with Crippen LogP contribution >= 0.6 is 0 Å². The van der Waals surface area contributed by atoms with Gasteiger partial charge in [-0.1, -0.05) is 18.2 Å². The molecule has 3 aromatic rings. The maximum absolute atomic E-state index is 12.5. The van der Waals surface area contributed by atoms with Crippen molar-refractivity contribution < 1.29 is 17.9 Å². The predicted octanol–water partition coefficient (Wildman–Crippen LogP) is 2.41. The smallest absolute Gasteiger partial charge is 0.243 e. The van der Waals surface area contributed by atoms with Crippen molar-refractivity contribution in [2.24, 2.45) is 0 Å². The van der Waals surface area contributed by atoms with Crippen molar-refractivity contribution in [3.8, 4) is 17.2 Å². The summed E-state index contributed by atoms with van der Waals surface area (Å²) < 4.78 is 39.7. The maximum Gasteiger partial charge on any atom is 0.243 e. The van der Waals surface area contributed by atoms with E-state index in [1.54, 1.807) is 26.4 Å². The molecule has 1 N–H and O–H groups in total. The SMILES string of the molecule is COc1ccc(OC)c(CCNS(=O)(=O)c2cnn(-c3ccccc3)c2)c1. The van der Waals surface area contributed by atoms with E-state index in [2.05, 4.69) is 9.82 Å². The number of nitrogens with one attached hydrogen (secondary N) is 1. The van der Waals surface area contributed by atoms with Gasteiger partial charge in [0.2, 0.25) is 10.0 Å². The molecule has 0 aliphatic rings. The van der Waals surface area contributed by atoms with Crippen LogP contribution < -0.4 is 14.2 Å². The zero-order valence-electron chi connectivity index (χ0n) is 15.1. The van der Waals surface area contributed by atoms with Gasteiger partial charge in [-0.05, 0) is 42.3 Å². The third-order valence-corrected chi connectivity index (χ3v) is 5.48. The third kappa shape index (κ3) is 4.47. The molecule has 0 spiro atoms. The van der Waals surface area contributed by atoms with Gasteiger partial charge >= 0.3 is 0 Å². The zero-order valence-corrected chi connectivity index (χ0v) is 15.9. The fourth-order valence-electron chi connectivity index (χ4n) is 2.65. The molecule has 3 rings (SSSR count). The van der Waals surface area contributed by atoms with Gasteiger partial charge in [0.05, 0.1) is 32.3 Å². The number of aromatic nitrogens is 2. The minimum atomic E-state index is -3.66. The minimum Gasteiger partial charge on any atom is -0.497 e. The fourth-order valence-corrected chi connectivity index (χ4v) is 3.61. The highest BCUT2D eigenvalue weighted by Gasteiger charge is 2.17. The monoisotopic (exact) mass is 387 g/mol. The standard InChI is InChI=1S/C19H21N3O4S/c1-25-17-8-9-19(26-2)15(12-17)10-11-21-27(23,24)18-13-20-22(14-18)16-6-4-3-5-7-16/h3-9,12-14,21H,10-11H2,1-2H3. The van der Waals surface area contributed by atoms with Gasteiger partial charge in [-0.2, -0.15) is 5.10 Å². The molecule has 0 radical (unpaired) electrons. The molecule has 0 atom stereocenters. The number of methoxy groups -OCH3 is 2. The number of ether oxygens (including phenoxy) is 2. The molecule has 2 aromatic carbocycles. The number of hydrogen-bond acceptors (Lipinski definition) is 5. The van der Waals surface area contributed by atoms with Gasteiger partial charge in [0.15, 0.2) is 0 Å². The largest absolute Gasteiger partial charge is 0.497 e. The Morgan fingerprint density at radius 1 is 1.07 bits per heavy atom. The lowest BCUT2D eigenvalue weighted by Crippen LogP contribution is -2.25. The van der Waals surface area contributed by atoms with Crippen molar-refractivity contribution in [1.29, 1.82) is 0 Å². The Labute approximate surface area is 158 Å². The van der Waals surface area contributed by atoms with Crippen LogP contribution in [0, 0.1) is 0 Å². The van der Waals surface area contributed by atoms with Crippen LogP contribution in [0.5, 0.6) is 11.5 Å². The molecule has 142 valence electrons. The Morgan fingerprint density at radius 3 is 2.56 bits per heavy atom. The number of sulfonamides is 1. The molecular weight excluding hydrogens is 366 g/mol. The normalized spacial score (nSPS) is 11.3. The van der Waals surface area contributed by atoms with Crippen molar-refractivity contribution in [2.45, 2.75) is 11.3 Å². The van der Waals surface area contributed by atoms with E-state index < -0.39 is 10.0 Å². The van der Waals surface area contributed by atoms with Crippen LogP contribution in [-0.2, 0) is 16.4 Å². The summed E-state index contributed by atoms with van der Waals surface area (Å²) in [5, 5.41) is 4.13. The molecule has 1 aromatic heterocycles. The van der Waals surface area contributed by atoms with E-state index in [0.717, 1.165) is 11.3 Å². The first-order valence-corrected chi connectivity index (χ1v) is 9.82. The lowest BCUT2D eigenvalue weighted by Gasteiger charge is -2.11. The van der Waals surface area contributed by atoms with Crippen molar-refractivity contribution in [3.05, 3.63) is 66.5 Å². The first kappa shape index (κ1) is 18.9. The fraction of sp³-hybridized carbons (Fsp3) is 0.211. The van der Waals surface area contributed by atoms with Gasteiger partial charge in [-0.3, -0.25) is 0 Å². The summed E-state index contributed by atoms with van der Waals surface area (Å²) >= 11 is 0. The van der Waals surface area contributed by atoms with Crippen LogP contribution in [0.3, 0.4) is 0 Å². The van der Waals surface area contributed by atoms with Gasteiger partial charge < -0.3 is 9.47 Å². The van der Waals surface area contributed by atoms with E-state index in [1.807, 2.05) is 36.4 Å². The molecule has 0 bridgehead atoms. The van der Waals surface area contributed by atoms with Crippen molar-refractivity contribution in [1.82, 2.24) is 14.5 Å². The lowest BCUT2D eigenvalue weighted by molar-refractivity contribution is 0.398. The second-order valence-electron chi connectivity index (χ2n) is 5.78. The summed E-state index contributed by atoms with van der Waals surface area (Å²) in [5.74, 6) is 1.38. The number of benzene rings is 2. The Kier molecular flexibility index (Phi) is 5.78. The van der Waals surface area contributed by atoms with E-state index in [4.69, 9.17) is 9.47 Å². The molecule has 7 nitrogen and oxygen atoms in total. The highest BCUT2D eigenvalue weighted by Crippen LogP contribution is 2.24. The first-order valence-electron chi connectivity index (χ1n) is 8.34. The van der Waals surface area contributed by atoms with Crippen LogP contribution in [0.2, 0.25) is 0 Å². The molecule has 8 heteroatoms. The molecule has 0 unspecified atom stereocenters. The molecular formula is C19H21N3O4S. The average Bonchev–Trinajstić information content (AvgIpc) is 3.20. The third-order valence-electron chi connectivity index (χ3n) is 4.06. The van der Waals surface area contributed by atoms with E-state index in [1.165, 1.54) is 17.1 Å². The number of nitrogens with zero attached hydrogens (tertiary/aromatic N) is 2. The van der Waals surface area contributed by atoms with Crippen LogP contribution in [0.4, 0.5) is 0 Å². The van der Waals surface area contributed by atoms with Gasteiger partial charge in [-0.25, -0.2) is 17.8 Å². The summed E-state index contributed by atoms with van der Waals surface area (Å²) in [6.45, 7) is 0.225. The Bertz CT molecular complexity index is 1000. The van der Waals surface area contributed by atoms with Crippen molar-refractivity contribution in [2.75, 3.05) is 20.8 Å². The maximum atomic E-state index is 12.5. The number of para-hydroxylation sites is 1. The summed E-state index contributed by atoms with van der Waals surface area (Å²) in [6, 6.07) is 14.8. The van der Waals surface area contributed by atoms with Crippen LogP contribution in [0.15, 0.2) is 65.8 Å². The van der Waals surface area contributed by atoms with Crippen LogP contribution in [0.1, 0.15) is 5.56 Å². The van der Waals surface area contributed by atoms with E-state index in [9.17, 15) is 8.42 Å². The molecule has 1 heterocycles. The summed E-state index contributed by atoms with van der Waals surface area (Å²) in [4.78, 5) is 0.115. The average molecular weight is 387 g/mol. The summed E-state index contributed by atoms with van der Waals surface area (Å²) in [7, 11) is -0.499. The van der Waals surface area contributed by atoms with E-state index in [-0.39, 0.29) is 11.4 Å². The zero-order chi connectivity index (χ0) is 19.3. The van der Waals surface area contributed by atoms with Gasteiger partial charge in [0.25, 0.3) is 0 Å². The van der Waals surface area contributed by atoms with Crippen molar-refractivity contribution in [3.63, 3.8) is 0 Å². The molecule has 0 saturated carbocycles. The summed E-state index contributed by atoms with van der Waals surface area (Å²) in [5.41, 5.74) is 1.65. The van der Waals surface area contributed by atoms with Crippen molar-refractivity contribution >= 4 is 10.0 Å². The molecule has 0 fully saturated rings. The highest BCUT2D eigenvalue weighted by molar-refractivity contribution is 7.89. The predicted molar refractivity (Wildman–Crippen MR) is 102 cm³/mol. The molecule has 27 heavy (non-hydrogen) atoms. The Balaban J connectivity index is 1.68. The quantitative estimate of drug-likeness (QED) is 0.642. The summed E-state index contributed by atoms with van der Waals surface area (Å²) in [6.07, 6.45) is 3.29. The first-order chi connectivity index (χ1) is 13.0. The van der Waals surface area contributed by atoms with E-state index >= 15 is 0 Å². The molecule has 0 saturated heterocycles. The molecule has 0 aliphatic carbocycles. The minimum absolute atomic E-state index is 0.115. The van der Waals surface area contributed by atoms with Gasteiger partial charge in [-0.15, -0.1) is 0 Å². The highest BCUT2D eigenvalue weighted by atomic mass is 32.2. The second kappa shape index (κ2) is 8.24. The van der Waals surface area contributed by atoms with Gasteiger partial charge in [0, 0.05) is 6.54 Å². The van der Waals surface area contributed by atoms with Crippen LogP contribution in [-0.4, -0.2) is 39.0 Å². The van der Waals surface area contributed by atoms with Crippen LogP contribution in [0.25, 0.3) is 5.69 Å². The second-order valence-corrected chi connectivity index (χ2v) is 7.55. The Morgan fingerprint density at radius 2 is 1.85 bits per heavy atom. The number of rotatable bonds is 8. The van der Waals surface area contributed by atoms with E-state index in [0.29, 0.717) is 17.9 Å². The lowest BCUT2D eigenvalue weighted by atomic mass is 10.1. The topological polar surface area (TPSA) is 82.4 Å².